The van der Waals surface area contributed by atoms with Gasteiger partial charge in [0, 0.05) is 19.0 Å². The van der Waals surface area contributed by atoms with Crippen LogP contribution in [0.15, 0.2) is 84.9 Å². The van der Waals surface area contributed by atoms with Crippen LogP contribution < -0.4 is 10.1 Å². The Labute approximate surface area is 184 Å². The maximum Gasteiger partial charge on any atom is 0.223 e. The zero-order valence-electron chi connectivity index (χ0n) is 17.9. The summed E-state index contributed by atoms with van der Waals surface area (Å²) in [4.78, 5) is 15.0. The summed E-state index contributed by atoms with van der Waals surface area (Å²) in [7, 11) is 0. The molecule has 3 aromatic carbocycles. The van der Waals surface area contributed by atoms with Gasteiger partial charge in [-0.3, -0.25) is 9.69 Å². The Morgan fingerprint density at radius 3 is 2.13 bits per heavy atom. The first-order chi connectivity index (χ1) is 15.3. The Hall–Kier alpha value is -3.11. The number of amides is 1. The molecule has 160 valence electrons. The van der Waals surface area contributed by atoms with E-state index in [-0.39, 0.29) is 11.8 Å². The summed E-state index contributed by atoms with van der Waals surface area (Å²) < 4.78 is 5.79. The van der Waals surface area contributed by atoms with Gasteiger partial charge in [-0.25, -0.2) is 0 Å². The fourth-order valence-electron chi connectivity index (χ4n) is 4.01. The molecule has 1 fully saturated rings. The second kappa shape index (κ2) is 10.8. The van der Waals surface area contributed by atoms with Crippen LogP contribution in [0.3, 0.4) is 0 Å². The molecule has 1 amide bonds. The van der Waals surface area contributed by atoms with Crippen LogP contribution in [-0.4, -0.2) is 37.0 Å². The van der Waals surface area contributed by atoms with Crippen molar-refractivity contribution in [3.05, 3.63) is 90.5 Å². The number of benzene rings is 3. The smallest absolute Gasteiger partial charge is 0.223 e. The third-order valence-corrected chi connectivity index (χ3v) is 5.91. The normalized spacial score (nSPS) is 14.8. The Morgan fingerprint density at radius 2 is 1.45 bits per heavy atom. The third-order valence-electron chi connectivity index (χ3n) is 5.91. The lowest BCUT2D eigenvalue weighted by Crippen LogP contribution is -2.41. The first-order valence-corrected chi connectivity index (χ1v) is 11.1. The summed E-state index contributed by atoms with van der Waals surface area (Å²) in [5.74, 6) is 1.19. The van der Waals surface area contributed by atoms with Gasteiger partial charge >= 0.3 is 0 Å². The van der Waals surface area contributed by atoms with Crippen molar-refractivity contribution in [2.75, 3.05) is 26.2 Å². The molecule has 1 saturated heterocycles. The SMILES string of the molecule is O=C(NCc1ccc(-c2ccccc2)cc1)C1CCN(CCOc2ccccc2)CC1. The largest absolute Gasteiger partial charge is 0.492 e. The maximum atomic E-state index is 12.6. The molecule has 1 aliphatic heterocycles. The molecule has 0 radical (unpaired) electrons. The predicted molar refractivity (Wildman–Crippen MR) is 125 cm³/mol. The van der Waals surface area contributed by atoms with Crippen molar-refractivity contribution in [2.45, 2.75) is 19.4 Å². The van der Waals surface area contributed by atoms with Gasteiger partial charge < -0.3 is 10.1 Å². The molecule has 4 rings (SSSR count). The summed E-state index contributed by atoms with van der Waals surface area (Å²) in [5.41, 5.74) is 3.53. The van der Waals surface area contributed by atoms with Crippen molar-refractivity contribution in [1.82, 2.24) is 10.2 Å². The molecular weight excluding hydrogens is 384 g/mol. The summed E-state index contributed by atoms with van der Waals surface area (Å²) >= 11 is 0. The standard InChI is InChI=1S/C27H30N2O2/c30-27(28-21-22-11-13-24(14-12-22)23-7-3-1-4-8-23)25-15-17-29(18-16-25)19-20-31-26-9-5-2-6-10-26/h1-14,25H,15-21H2,(H,28,30). The van der Waals surface area contributed by atoms with E-state index < -0.39 is 0 Å². The van der Waals surface area contributed by atoms with Crippen LogP contribution in [0.2, 0.25) is 0 Å². The molecule has 0 aliphatic carbocycles. The fourth-order valence-corrected chi connectivity index (χ4v) is 4.01. The van der Waals surface area contributed by atoms with Gasteiger partial charge in [0.25, 0.3) is 0 Å². The number of hydrogen-bond acceptors (Lipinski definition) is 3. The van der Waals surface area contributed by atoms with E-state index in [4.69, 9.17) is 4.74 Å². The fraction of sp³-hybridized carbons (Fsp3) is 0.296. The lowest BCUT2D eigenvalue weighted by atomic mass is 9.96. The monoisotopic (exact) mass is 414 g/mol. The zero-order chi connectivity index (χ0) is 21.3. The van der Waals surface area contributed by atoms with Crippen molar-refractivity contribution in [2.24, 2.45) is 5.92 Å². The Morgan fingerprint density at radius 1 is 0.839 bits per heavy atom. The van der Waals surface area contributed by atoms with E-state index in [0.717, 1.165) is 43.8 Å². The molecule has 1 N–H and O–H groups in total. The first kappa shape index (κ1) is 21.1. The molecule has 4 nitrogen and oxygen atoms in total. The molecule has 0 bridgehead atoms. The van der Waals surface area contributed by atoms with Gasteiger partial charge in [-0.2, -0.15) is 0 Å². The van der Waals surface area contributed by atoms with Crippen LogP contribution in [0.4, 0.5) is 0 Å². The van der Waals surface area contributed by atoms with Crippen molar-refractivity contribution in [3.8, 4) is 16.9 Å². The van der Waals surface area contributed by atoms with Gasteiger partial charge in [-0.1, -0.05) is 72.8 Å². The number of nitrogens with one attached hydrogen (secondary N) is 1. The van der Waals surface area contributed by atoms with E-state index in [9.17, 15) is 4.79 Å². The number of nitrogens with zero attached hydrogens (tertiary/aromatic N) is 1. The van der Waals surface area contributed by atoms with Gasteiger partial charge in [-0.15, -0.1) is 0 Å². The van der Waals surface area contributed by atoms with Gasteiger partial charge in [0.15, 0.2) is 0 Å². The van der Waals surface area contributed by atoms with Crippen LogP contribution in [0, 0.1) is 5.92 Å². The molecule has 0 saturated carbocycles. The van der Waals surface area contributed by atoms with Crippen molar-refractivity contribution >= 4 is 5.91 Å². The molecule has 0 aromatic heterocycles. The van der Waals surface area contributed by atoms with Crippen LogP contribution >= 0.6 is 0 Å². The topological polar surface area (TPSA) is 41.6 Å². The van der Waals surface area contributed by atoms with E-state index in [1.165, 1.54) is 11.1 Å². The molecular formula is C27H30N2O2. The maximum absolute atomic E-state index is 12.6. The summed E-state index contributed by atoms with van der Waals surface area (Å²) in [6, 6.07) is 28.7. The number of hydrogen-bond donors (Lipinski definition) is 1. The highest BCUT2D eigenvalue weighted by atomic mass is 16.5. The van der Waals surface area contributed by atoms with Crippen molar-refractivity contribution < 1.29 is 9.53 Å². The highest BCUT2D eigenvalue weighted by Gasteiger charge is 2.24. The highest BCUT2D eigenvalue weighted by molar-refractivity contribution is 5.78. The number of ether oxygens (including phenoxy) is 1. The third kappa shape index (κ3) is 6.19. The molecule has 31 heavy (non-hydrogen) atoms. The van der Waals surface area contributed by atoms with E-state index in [2.05, 4.69) is 46.6 Å². The second-order valence-electron chi connectivity index (χ2n) is 8.06. The Kier molecular flexibility index (Phi) is 7.35. The number of carbonyl (C=O) groups excluding carboxylic acids is 1. The van der Waals surface area contributed by atoms with E-state index in [1.807, 2.05) is 48.5 Å². The quantitative estimate of drug-likeness (QED) is 0.578. The van der Waals surface area contributed by atoms with E-state index >= 15 is 0 Å². The summed E-state index contributed by atoms with van der Waals surface area (Å²) in [6.07, 6.45) is 1.81. The Bertz CT molecular complexity index is 934. The lowest BCUT2D eigenvalue weighted by Gasteiger charge is -2.31. The Balaban J connectivity index is 1.16. The molecule has 0 spiro atoms. The zero-order valence-corrected chi connectivity index (χ0v) is 17.9. The number of rotatable bonds is 8. The van der Waals surface area contributed by atoms with Crippen LogP contribution in [0.25, 0.3) is 11.1 Å². The second-order valence-corrected chi connectivity index (χ2v) is 8.06. The van der Waals surface area contributed by atoms with Crippen LogP contribution in [-0.2, 0) is 11.3 Å². The number of para-hydroxylation sites is 1. The van der Waals surface area contributed by atoms with E-state index in [1.54, 1.807) is 0 Å². The molecule has 0 unspecified atom stereocenters. The van der Waals surface area contributed by atoms with Gasteiger partial charge in [0.1, 0.15) is 12.4 Å². The highest BCUT2D eigenvalue weighted by Crippen LogP contribution is 2.20. The number of piperidine rings is 1. The van der Waals surface area contributed by atoms with Crippen molar-refractivity contribution in [1.29, 1.82) is 0 Å². The summed E-state index contributed by atoms with van der Waals surface area (Å²) in [6.45, 7) is 4.06. The molecule has 1 aliphatic rings. The van der Waals surface area contributed by atoms with Crippen LogP contribution in [0.1, 0.15) is 18.4 Å². The summed E-state index contributed by atoms with van der Waals surface area (Å²) in [5, 5.41) is 3.13. The predicted octanol–water partition coefficient (Wildman–Crippen LogP) is 4.76. The average molecular weight is 415 g/mol. The average Bonchev–Trinajstić information content (AvgIpc) is 2.84. The van der Waals surface area contributed by atoms with Gasteiger partial charge in [-0.05, 0) is 54.8 Å². The molecule has 0 atom stereocenters. The molecule has 1 heterocycles. The minimum absolute atomic E-state index is 0.106. The number of likely N-dealkylation sites (tertiary alicyclic amines) is 1. The first-order valence-electron chi connectivity index (χ1n) is 11.1. The number of carbonyl (C=O) groups is 1. The molecule has 4 heteroatoms. The lowest BCUT2D eigenvalue weighted by molar-refractivity contribution is -0.126. The van der Waals surface area contributed by atoms with E-state index in [0.29, 0.717) is 13.2 Å². The minimum Gasteiger partial charge on any atom is -0.492 e. The van der Waals surface area contributed by atoms with Crippen LogP contribution in [0.5, 0.6) is 5.75 Å². The van der Waals surface area contributed by atoms with Gasteiger partial charge in [0.05, 0.1) is 0 Å². The van der Waals surface area contributed by atoms with Crippen molar-refractivity contribution in [3.63, 3.8) is 0 Å². The molecule has 3 aromatic rings. The van der Waals surface area contributed by atoms with Gasteiger partial charge in [0.2, 0.25) is 5.91 Å². The minimum atomic E-state index is 0.106.